The number of aliphatic hydroxyl groups excluding tert-OH is 2. The van der Waals surface area contributed by atoms with Gasteiger partial charge in [0.2, 0.25) is 0 Å². The van der Waals surface area contributed by atoms with E-state index in [0.29, 0.717) is 6.42 Å². The molecule has 2 heterocycles. The molecule has 4 nitrogen and oxygen atoms in total. The number of nitrogens with zero attached hydrogens (tertiary/aromatic N) is 1. The first kappa shape index (κ1) is 12.4. The average molecular weight is 259 g/mol. The normalized spacial score (nSPS) is 26.9. The Morgan fingerprint density at radius 3 is 2.95 bits per heavy atom. The Bertz CT molecular complexity index is 604. The zero-order valence-corrected chi connectivity index (χ0v) is 10.6. The highest BCUT2D eigenvalue weighted by molar-refractivity contribution is 5.82. The molecule has 3 rings (SSSR count). The van der Waals surface area contributed by atoms with Crippen molar-refractivity contribution in [1.82, 2.24) is 4.57 Å². The van der Waals surface area contributed by atoms with E-state index in [2.05, 4.69) is 12.6 Å². The number of benzene rings is 1. The third-order valence-corrected chi connectivity index (χ3v) is 3.67. The molecule has 1 saturated heterocycles. The van der Waals surface area contributed by atoms with E-state index in [4.69, 9.17) is 9.84 Å². The van der Waals surface area contributed by atoms with Crippen molar-refractivity contribution in [2.24, 2.45) is 0 Å². The second kappa shape index (κ2) is 4.81. The van der Waals surface area contributed by atoms with Gasteiger partial charge in [-0.3, -0.25) is 0 Å². The van der Waals surface area contributed by atoms with Crippen LogP contribution < -0.4 is 0 Å². The first-order valence-corrected chi connectivity index (χ1v) is 6.40. The molecule has 0 unspecified atom stereocenters. The smallest absolute Gasteiger partial charge is 0.137 e. The van der Waals surface area contributed by atoms with Gasteiger partial charge >= 0.3 is 0 Å². The number of hydrogen-bond acceptors (Lipinski definition) is 3. The quantitative estimate of drug-likeness (QED) is 0.885. The van der Waals surface area contributed by atoms with Crippen molar-refractivity contribution in [3.05, 3.63) is 42.6 Å². The van der Waals surface area contributed by atoms with Crippen LogP contribution in [-0.4, -0.2) is 33.6 Å². The molecule has 0 spiro atoms. The third kappa shape index (κ3) is 2.08. The van der Waals surface area contributed by atoms with Gasteiger partial charge in [0, 0.05) is 18.0 Å². The van der Waals surface area contributed by atoms with Gasteiger partial charge < -0.3 is 19.5 Å². The first-order chi connectivity index (χ1) is 9.22. The molecule has 100 valence electrons. The molecule has 2 N–H and O–H groups in total. The predicted octanol–water partition coefficient (Wildman–Crippen LogP) is 1.92. The van der Waals surface area contributed by atoms with Gasteiger partial charge in [-0.05, 0) is 23.8 Å². The van der Waals surface area contributed by atoms with Gasteiger partial charge in [0.15, 0.2) is 0 Å². The Hall–Kier alpha value is -1.62. The van der Waals surface area contributed by atoms with Crippen LogP contribution in [0.1, 0.15) is 18.2 Å². The van der Waals surface area contributed by atoms with E-state index in [1.807, 2.05) is 35.0 Å². The number of ether oxygens (including phenoxy) is 1. The highest BCUT2D eigenvalue weighted by atomic mass is 16.5. The Kier molecular flexibility index (Phi) is 3.14. The average Bonchev–Trinajstić information content (AvgIpc) is 3.00. The number of fused-ring (bicyclic) bond motifs is 1. The summed E-state index contributed by atoms with van der Waals surface area (Å²) in [6, 6.07) is 8.10. The monoisotopic (exact) mass is 259 g/mol. The van der Waals surface area contributed by atoms with Gasteiger partial charge in [0.1, 0.15) is 12.3 Å². The van der Waals surface area contributed by atoms with Gasteiger partial charge in [-0.1, -0.05) is 18.7 Å². The van der Waals surface area contributed by atoms with Crippen LogP contribution in [0.2, 0.25) is 0 Å². The van der Waals surface area contributed by atoms with Gasteiger partial charge in [-0.25, -0.2) is 0 Å². The number of aliphatic hydroxyl groups is 2. The molecule has 1 fully saturated rings. The summed E-state index contributed by atoms with van der Waals surface area (Å²) in [7, 11) is 0. The highest BCUT2D eigenvalue weighted by Gasteiger charge is 2.34. The van der Waals surface area contributed by atoms with Crippen LogP contribution in [-0.2, 0) is 4.74 Å². The Labute approximate surface area is 111 Å². The van der Waals surface area contributed by atoms with Crippen LogP contribution >= 0.6 is 0 Å². The van der Waals surface area contributed by atoms with E-state index >= 15 is 0 Å². The van der Waals surface area contributed by atoms with Gasteiger partial charge in [0.05, 0.1) is 18.2 Å². The van der Waals surface area contributed by atoms with E-state index in [1.54, 1.807) is 0 Å². The fraction of sp³-hybridized carbons (Fsp3) is 0.333. The topological polar surface area (TPSA) is 54.6 Å². The van der Waals surface area contributed by atoms with Crippen LogP contribution in [0.3, 0.4) is 0 Å². The highest BCUT2D eigenvalue weighted by Crippen LogP contribution is 2.32. The zero-order valence-electron chi connectivity index (χ0n) is 10.6. The van der Waals surface area contributed by atoms with Crippen LogP contribution in [0.25, 0.3) is 17.0 Å². The Morgan fingerprint density at radius 2 is 2.26 bits per heavy atom. The summed E-state index contributed by atoms with van der Waals surface area (Å²) in [5.41, 5.74) is 2.13. The predicted molar refractivity (Wildman–Crippen MR) is 73.6 cm³/mol. The first-order valence-electron chi connectivity index (χ1n) is 6.40. The molecule has 0 aliphatic carbocycles. The second-order valence-electron chi connectivity index (χ2n) is 4.86. The molecular formula is C15H17NO3. The van der Waals surface area contributed by atoms with E-state index < -0.39 is 12.2 Å². The molecule has 1 aliphatic heterocycles. The summed E-state index contributed by atoms with van der Waals surface area (Å²) in [6.07, 6.45) is 2.94. The van der Waals surface area contributed by atoms with Crippen molar-refractivity contribution < 1.29 is 14.9 Å². The minimum Gasteiger partial charge on any atom is -0.394 e. The van der Waals surface area contributed by atoms with Crippen molar-refractivity contribution in [2.75, 3.05) is 6.61 Å². The summed E-state index contributed by atoms with van der Waals surface area (Å²) in [5, 5.41) is 20.0. The van der Waals surface area contributed by atoms with Crippen molar-refractivity contribution in [2.45, 2.75) is 24.9 Å². The minimum atomic E-state index is -0.611. The molecule has 1 aliphatic rings. The van der Waals surface area contributed by atoms with Crippen LogP contribution in [0.5, 0.6) is 0 Å². The maximum absolute atomic E-state index is 9.80. The fourth-order valence-corrected chi connectivity index (χ4v) is 2.61. The lowest BCUT2D eigenvalue weighted by Gasteiger charge is -2.15. The Balaban J connectivity index is 1.96. The molecular weight excluding hydrogens is 242 g/mol. The fourth-order valence-electron chi connectivity index (χ4n) is 2.61. The summed E-state index contributed by atoms with van der Waals surface area (Å²) < 4.78 is 7.68. The standard InChI is InChI=1S/C15H17NO3/c1-2-10-3-4-12-11(7-10)5-6-16(12)15-8-13(18)14(9-17)19-15/h2-7,13-15,17-18H,1,8-9H2/t13-,14+,15+/m0/s1. The summed E-state index contributed by atoms with van der Waals surface area (Å²) in [6.45, 7) is 3.61. The van der Waals surface area contributed by atoms with Gasteiger partial charge in [0.25, 0.3) is 0 Å². The summed E-state index contributed by atoms with van der Waals surface area (Å²) in [4.78, 5) is 0. The summed E-state index contributed by atoms with van der Waals surface area (Å²) >= 11 is 0. The van der Waals surface area contributed by atoms with Crippen molar-refractivity contribution in [3.63, 3.8) is 0 Å². The number of rotatable bonds is 3. The Morgan fingerprint density at radius 1 is 1.42 bits per heavy atom. The molecule has 0 bridgehead atoms. The summed E-state index contributed by atoms with van der Waals surface area (Å²) in [5.74, 6) is 0. The van der Waals surface area contributed by atoms with Crippen LogP contribution in [0.4, 0.5) is 0 Å². The molecule has 1 aromatic carbocycles. The van der Waals surface area contributed by atoms with E-state index in [1.165, 1.54) is 0 Å². The number of aromatic nitrogens is 1. The van der Waals surface area contributed by atoms with Crippen molar-refractivity contribution in [3.8, 4) is 0 Å². The molecule has 19 heavy (non-hydrogen) atoms. The third-order valence-electron chi connectivity index (χ3n) is 3.67. The van der Waals surface area contributed by atoms with Crippen molar-refractivity contribution >= 4 is 17.0 Å². The zero-order chi connectivity index (χ0) is 13.4. The van der Waals surface area contributed by atoms with Crippen LogP contribution in [0.15, 0.2) is 37.0 Å². The van der Waals surface area contributed by atoms with E-state index in [0.717, 1.165) is 16.5 Å². The molecule has 1 aromatic heterocycles. The molecule has 0 amide bonds. The molecule has 3 atom stereocenters. The molecule has 4 heteroatoms. The maximum atomic E-state index is 9.80. The molecule has 0 radical (unpaired) electrons. The molecule has 0 saturated carbocycles. The van der Waals surface area contributed by atoms with E-state index in [9.17, 15) is 5.11 Å². The lowest BCUT2D eigenvalue weighted by atomic mass is 10.1. The molecule has 2 aromatic rings. The number of hydrogen-bond donors (Lipinski definition) is 2. The lowest BCUT2D eigenvalue weighted by molar-refractivity contribution is -0.0428. The largest absolute Gasteiger partial charge is 0.394 e. The van der Waals surface area contributed by atoms with Gasteiger partial charge in [-0.15, -0.1) is 0 Å². The van der Waals surface area contributed by atoms with Gasteiger partial charge in [-0.2, -0.15) is 0 Å². The lowest BCUT2D eigenvalue weighted by Crippen LogP contribution is -2.24. The van der Waals surface area contributed by atoms with E-state index in [-0.39, 0.29) is 12.8 Å². The van der Waals surface area contributed by atoms with Crippen molar-refractivity contribution in [1.29, 1.82) is 0 Å². The SMILES string of the molecule is C=Cc1ccc2c(ccn2[C@H]2C[C@H](O)[C@@H](CO)O2)c1. The second-order valence-corrected chi connectivity index (χ2v) is 4.86. The maximum Gasteiger partial charge on any atom is 0.137 e. The minimum absolute atomic E-state index is 0.155. The van der Waals surface area contributed by atoms with Crippen LogP contribution in [0, 0.1) is 0 Å².